The Kier molecular flexibility index (Phi) is 4.29. The van der Waals surface area contributed by atoms with Gasteiger partial charge in [-0.25, -0.2) is 0 Å². The molecule has 1 amide bonds. The van der Waals surface area contributed by atoms with Gasteiger partial charge in [0.25, 0.3) is 0 Å². The standard InChI is InChI=1S/C13H18N4O2S/c1-16-5-6-17(8-12(16)18)9-3-4-11(19-2)10(7-9)15-13(14)20/h3-4,7H,5-6,8H2,1-2H3,(H3,14,15,20). The first-order valence-corrected chi connectivity index (χ1v) is 6.65. The van der Waals surface area contributed by atoms with Crippen molar-refractivity contribution in [2.75, 3.05) is 44.0 Å². The Labute approximate surface area is 123 Å². The molecule has 3 N–H and O–H groups in total. The van der Waals surface area contributed by atoms with Crippen LogP contribution in [0.4, 0.5) is 11.4 Å². The zero-order valence-corrected chi connectivity index (χ0v) is 12.4. The zero-order chi connectivity index (χ0) is 14.7. The van der Waals surface area contributed by atoms with Gasteiger partial charge < -0.3 is 25.6 Å². The van der Waals surface area contributed by atoms with E-state index in [9.17, 15) is 4.79 Å². The van der Waals surface area contributed by atoms with Crippen LogP contribution in [0.15, 0.2) is 18.2 Å². The van der Waals surface area contributed by atoms with Crippen molar-refractivity contribution in [3.05, 3.63) is 18.2 Å². The van der Waals surface area contributed by atoms with E-state index in [1.807, 2.05) is 30.1 Å². The monoisotopic (exact) mass is 294 g/mol. The van der Waals surface area contributed by atoms with Gasteiger partial charge in [-0.1, -0.05) is 0 Å². The highest BCUT2D eigenvalue weighted by Gasteiger charge is 2.21. The van der Waals surface area contributed by atoms with Crippen molar-refractivity contribution in [3.63, 3.8) is 0 Å². The molecule has 1 aromatic carbocycles. The van der Waals surface area contributed by atoms with E-state index in [0.717, 1.165) is 12.2 Å². The summed E-state index contributed by atoms with van der Waals surface area (Å²) in [6, 6.07) is 5.64. The van der Waals surface area contributed by atoms with Crippen LogP contribution in [0.25, 0.3) is 0 Å². The minimum Gasteiger partial charge on any atom is -0.495 e. The fourth-order valence-corrected chi connectivity index (χ4v) is 2.21. The summed E-state index contributed by atoms with van der Waals surface area (Å²) >= 11 is 4.86. The molecule has 0 spiro atoms. The van der Waals surface area contributed by atoms with Gasteiger partial charge in [0, 0.05) is 25.8 Å². The number of carbonyl (C=O) groups is 1. The molecule has 1 saturated heterocycles. The zero-order valence-electron chi connectivity index (χ0n) is 11.5. The number of nitrogens with one attached hydrogen (secondary N) is 1. The molecule has 0 saturated carbocycles. The van der Waals surface area contributed by atoms with Gasteiger partial charge in [-0.2, -0.15) is 0 Å². The predicted octanol–water partition coefficient (Wildman–Crippen LogP) is 0.629. The first-order chi connectivity index (χ1) is 9.51. The lowest BCUT2D eigenvalue weighted by atomic mass is 10.2. The summed E-state index contributed by atoms with van der Waals surface area (Å²) in [7, 11) is 3.40. The number of rotatable bonds is 3. The van der Waals surface area contributed by atoms with Gasteiger partial charge in [-0.05, 0) is 30.4 Å². The van der Waals surface area contributed by atoms with Crippen molar-refractivity contribution in [2.45, 2.75) is 0 Å². The van der Waals surface area contributed by atoms with Crippen LogP contribution in [-0.4, -0.2) is 49.7 Å². The molecule has 1 heterocycles. The fraction of sp³-hybridized carbons (Fsp3) is 0.385. The molecule has 0 radical (unpaired) electrons. The summed E-state index contributed by atoms with van der Waals surface area (Å²) in [5.74, 6) is 0.762. The maximum atomic E-state index is 11.8. The van der Waals surface area contributed by atoms with Gasteiger partial charge in [0.1, 0.15) is 5.75 Å². The van der Waals surface area contributed by atoms with E-state index in [4.69, 9.17) is 22.7 Å². The third-order valence-corrected chi connectivity index (χ3v) is 3.37. The van der Waals surface area contributed by atoms with Gasteiger partial charge in [0.05, 0.1) is 19.3 Å². The molecule has 0 aliphatic carbocycles. The molecule has 20 heavy (non-hydrogen) atoms. The first kappa shape index (κ1) is 14.4. The maximum absolute atomic E-state index is 11.8. The summed E-state index contributed by atoms with van der Waals surface area (Å²) in [4.78, 5) is 15.5. The highest BCUT2D eigenvalue weighted by Crippen LogP contribution is 2.30. The minimum absolute atomic E-state index is 0.107. The molecule has 108 valence electrons. The van der Waals surface area contributed by atoms with E-state index in [2.05, 4.69) is 5.32 Å². The van der Waals surface area contributed by atoms with Crippen LogP contribution in [-0.2, 0) is 4.79 Å². The lowest BCUT2D eigenvalue weighted by Gasteiger charge is -2.33. The van der Waals surface area contributed by atoms with Crippen molar-refractivity contribution in [1.82, 2.24) is 4.90 Å². The minimum atomic E-state index is 0.107. The van der Waals surface area contributed by atoms with Crippen molar-refractivity contribution < 1.29 is 9.53 Å². The Morgan fingerprint density at radius 1 is 1.45 bits per heavy atom. The molecule has 1 aliphatic rings. The SMILES string of the molecule is COc1ccc(N2CCN(C)C(=O)C2)cc1NC(N)=S. The molecule has 7 heteroatoms. The highest BCUT2D eigenvalue weighted by molar-refractivity contribution is 7.80. The van der Waals surface area contributed by atoms with Crippen molar-refractivity contribution in [2.24, 2.45) is 5.73 Å². The van der Waals surface area contributed by atoms with Crippen LogP contribution in [0.2, 0.25) is 0 Å². The smallest absolute Gasteiger partial charge is 0.241 e. The van der Waals surface area contributed by atoms with Crippen molar-refractivity contribution in [1.29, 1.82) is 0 Å². The van der Waals surface area contributed by atoms with Crippen LogP contribution < -0.4 is 20.7 Å². The van der Waals surface area contributed by atoms with Gasteiger partial charge in [-0.15, -0.1) is 0 Å². The van der Waals surface area contributed by atoms with Gasteiger partial charge in [0.15, 0.2) is 5.11 Å². The van der Waals surface area contributed by atoms with Crippen LogP contribution in [0, 0.1) is 0 Å². The van der Waals surface area contributed by atoms with Crippen LogP contribution in [0.1, 0.15) is 0 Å². The second-order valence-electron chi connectivity index (χ2n) is 4.61. The first-order valence-electron chi connectivity index (χ1n) is 6.24. The second kappa shape index (κ2) is 5.96. The maximum Gasteiger partial charge on any atom is 0.241 e. The molecular formula is C13H18N4O2S. The molecule has 0 atom stereocenters. The highest BCUT2D eigenvalue weighted by atomic mass is 32.1. The topological polar surface area (TPSA) is 70.8 Å². The molecule has 2 rings (SSSR count). The molecule has 6 nitrogen and oxygen atoms in total. The number of carbonyl (C=O) groups excluding carboxylic acids is 1. The third-order valence-electron chi connectivity index (χ3n) is 3.26. The summed E-state index contributed by atoms with van der Waals surface area (Å²) < 4.78 is 5.26. The van der Waals surface area contributed by atoms with E-state index in [1.165, 1.54) is 0 Å². The number of ether oxygens (including phenoxy) is 1. The Morgan fingerprint density at radius 2 is 2.20 bits per heavy atom. The van der Waals surface area contributed by atoms with Crippen LogP contribution in [0.5, 0.6) is 5.75 Å². The van der Waals surface area contributed by atoms with Gasteiger partial charge in [-0.3, -0.25) is 4.79 Å². The molecule has 0 unspecified atom stereocenters. The Bertz CT molecular complexity index is 535. The average molecular weight is 294 g/mol. The summed E-state index contributed by atoms with van der Waals surface area (Å²) in [6.07, 6.45) is 0. The fourth-order valence-electron chi connectivity index (χ4n) is 2.10. The molecule has 0 aromatic heterocycles. The van der Waals surface area contributed by atoms with E-state index in [1.54, 1.807) is 12.0 Å². The number of benzene rings is 1. The lowest BCUT2D eigenvalue weighted by molar-refractivity contribution is -0.129. The van der Waals surface area contributed by atoms with Crippen LogP contribution in [0.3, 0.4) is 0 Å². The molecule has 1 aliphatic heterocycles. The average Bonchev–Trinajstić information content (AvgIpc) is 2.41. The number of nitrogens with zero attached hydrogens (tertiary/aromatic N) is 2. The second-order valence-corrected chi connectivity index (χ2v) is 5.05. The number of nitrogens with two attached hydrogens (primary N) is 1. The normalized spacial score (nSPS) is 15.2. The number of anilines is 2. The third kappa shape index (κ3) is 3.11. The van der Waals surface area contributed by atoms with Crippen LogP contribution >= 0.6 is 12.2 Å². The van der Waals surface area contributed by atoms with E-state index in [-0.39, 0.29) is 11.0 Å². The van der Waals surface area contributed by atoms with E-state index >= 15 is 0 Å². The number of piperazine rings is 1. The number of amides is 1. The van der Waals surface area contributed by atoms with E-state index in [0.29, 0.717) is 24.5 Å². The number of likely N-dealkylation sites (N-methyl/N-ethyl adjacent to an activating group) is 1. The largest absolute Gasteiger partial charge is 0.495 e. The Morgan fingerprint density at radius 3 is 2.80 bits per heavy atom. The number of thiocarbonyl (C=S) groups is 1. The molecular weight excluding hydrogens is 276 g/mol. The molecule has 0 bridgehead atoms. The van der Waals surface area contributed by atoms with Crippen molar-refractivity contribution in [3.8, 4) is 5.75 Å². The Balaban J connectivity index is 2.24. The van der Waals surface area contributed by atoms with Gasteiger partial charge in [0.2, 0.25) is 5.91 Å². The summed E-state index contributed by atoms with van der Waals surface area (Å²) in [5, 5.41) is 3.06. The lowest BCUT2D eigenvalue weighted by Crippen LogP contribution is -2.48. The van der Waals surface area contributed by atoms with Gasteiger partial charge >= 0.3 is 0 Å². The molecule has 1 fully saturated rings. The number of hydrogen-bond donors (Lipinski definition) is 2. The number of hydrogen-bond acceptors (Lipinski definition) is 4. The van der Waals surface area contributed by atoms with E-state index < -0.39 is 0 Å². The molecule has 1 aromatic rings. The Hall–Kier alpha value is -2.02. The summed E-state index contributed by atoms with van der Waals surface area (Å²) in [5.41, 5.74) is 7.14. The van der Waals surface area contributed by atoms with Crippen molar-refractivity contribution >= 4 is 34.6 Å². The quantitative estimate of drug-likeness (QED) is 0.797. The summed E-state index contributed by atoms with van der Waals surface area (Å²) in [6.45, 7) is 1.87. The predicted molar refractivity (Wildman–Crippen MR) is 83.3 cm³/mol. The number of methoxy groups -OCH3 is 1.